The quantitative estimate of drug-likeness (QED) is 0.516. The van der Waals surface area contributed by atoms with E-state index in [0.717, 1.165) is 27.2 Å². The first kappa shape index (κ1) is 20.0. The highest BCUT2D eigenvalue weighted by Crippen LogP contribution is 2.23. The van der Waals surface area contributed by atoms with Crippen LogP contribution in [-0.2, 0) is 24.4 Å². The third-order valence-electron chi connectivity index (χ3n) is 5.19. The third kappa shape index (κ3) is 3.91. The minimum atomic E-state index is -0.294. The van der Waals surface area contributed by atoms with Crippen molar-refractivity contribution >= 4 is 28.0 Å². The molecule has 0 saturated heterocycles. The number of aromatic nitrogens is 3. The van der Waals surface area contributed by atoms with Crippen LogP contribution in [0.4, 0.5) is 4.39 Å². The van der Waals surface area contributed by atoms with Crippen molar-refractivity contribution in [1.29, 1.82) is 0 Å². The average Bonchev–Trinajstić information content (AvgIpc) is 3.33. The molecule has 4 aromatic rings. The maximum atomic E-state index is 13.2. The van der Waals surface area contributed by atoms with Gasteiger partial charge in [0.25, 0.3) is 5.56 Å². The number of aryl methyl sites for hydroxylation is 2. The number of nitrogens with zero attached hydrogens (tertiary/aromatic N) is 3. The molecular weight excluding hydrogens is 403 g/mol. The van der Waals surface area contributed by atoms with Crippen molar-refractivity contribution in [3.8, 4) is 0 Å². The zero-order valence-electron chi connectivity index (χ0n) is 16.7. The van der Waals surface area contributed by atoms with Crippen LogP contribution in [0.15, 0.2) is 52.8 Å². The maximum absolute atomic E-state index is 13.2. The fraction of sp³-hybridized carbons (Fsp3) is 0.227. The number of thiophene rings is 1. The van der Waals surface area contributed by atoms with E-state index in [1.807, 2.05) is 35.9 Å². The van der Waals surface area contributed by atoms with Gasteiger partial charge in [0.15, 0.2) is 0 Å². The van der Waals surface area contributed by atoms with Gasteiger partial charge in [0.2, 0.25) is 5.91 Å². The summed E-state index contributed by atoms with van der Waals surface area (Å²) in [6, 6.07) is 10.2. The molecule has 1 aromatic carbocycles. The Morgan fingerprint density at radius 1 is 1.17 bits per heavy atom. The molecule has 0 radical (unpaired) electrons. The first-order chi connectivity index (χ1) is 14.4. The number of rotatable bonds is 6. The fourth-order valence-corrected chi connectivity index (χ4v) is 4.20. The van der Waals surface area contributed by atoms with Crippen LogP contribution in [0.2, 0.25) is 0 Å². The number of amides is 1. The lowest BCUT2D eigenvalue weighted by Gasteiger charge is -2.09. The highest BCUT2D eigenvalue weighted by atomic mass is 32.1. The number of carbonyl (C=O) groups is 1. The molecule has 1 amide bonds. The van der Waals surface area contributed by atoms with E-state index >= 15 is 0 Å². The van der Waals surface area contributed by atoms with Gasteiger partial charge in [-0.15, -0.1) is 11.3 Å². The minimum Gasteiger partial charge on any atom is -0.350 e. The Hall–Kier alpha value is -3.26. The lowest BCUT2D eigenvalue weighted by molar-refractivity contribution is -0.122. The SMILES string of the molecule is Cc1c2cnn(CC(=O)NCc3cccs3)c(=O)c2c(C)n1Cc1ccc(F)cc1. The molecule has 30 heavy (non-hydrogen) atoms. The van der Waals surface area contributed by atoms with Crippen LogP contribution < -0.4 is 10.9 Å². The minimum absolute atomic E-state index is 0.137. The topological polar surface area (TPSA) is 68.9 Å². The van der Waals surface area contributed by atoms with E-state index in [1.54, 1.807) is 29.7 Å². The number of benzene rings is 1. The van der Waals surface area contributed by atoms with Gasteiger partial charge in [-0.3, -0.25) is 9.59 Å². The molecule has 0 fully saturated rings. The zero-order chi connectivity index (χ0) is 21.3. The van der Waals surface area contributed by atoms with Gasteiger partial charge in [0.05, 0.1) is 18.1 Å². The van der Waals surface area contributed by atoms with Crippen LogP contribution in [-0.4, -0.2) is 20.3 Å². The Morgan fingerprint density at radius 3 is 2.63 bits per heavy atom. The van der Waals surface area contributed by atoms with Crippen molar-refractivity contribution in [2.24, 2.45) is 0 Å². The average molecular weight is 425 g/mol. The summed E-state index contributed by atoms with van der Waals surface area (Å²) in [5, 5.41) is 10.3. The number of halogens is 1. The number of nitrogens with one attached hydrogen (secondary N) is 1. The van der Waals surface area contributed by atoms with Crippen LogP contribution in [0.5, 0.6) is 0 Å². The van der Waals surface area contributed by atoms with E-state index in [2.05, 4.69) is 10.4 Å². The Morgan fingerprint density at radius 2 is 1.93 bits per heavy atom. The molecule has 0 aliphatic rings. The molecule has 0 spiro atoms. The molecule has 0 saturated carbocycles. The summed E-state index contributed by atoms with van der Waals surface area (Å²) in [5.74, 6) is -0.549. The van der Waals surface area contributed by atoms with Gasteiger partial charge in [0.1, 0.15) is 12.4 Å². The number of hydrogen-bond donors (Lipinski definition) is 1. The zero-order valence-corrected chi connectivity index (χ0v) is 17.5. The van der Waals surface area contributed by atoms with Crippen molar-refractivity contribution in [3.63, 3.8) is 0 Å². The van der Waals surface area contributed by atoms with E-state index < -0.39 is 0 Å². The lowest BCUT2D eigenvalue weighted by Crippen LogP contribution is -2.33. The van der Waals surface area contributed by atoms with Crippen LogP contribution in [0.3, 0.4) is 0 Å². The summed E-state index contributed by atoms with van der Waals surface area (Å²) in [4.78, 5) is 26.4. The van der Waals surface area contributed by atoms with Gasteiger partial charge in [-0.05, 0) is 43.0 Å². The van der Waals surface area contributed by atoms with Gasteiger partial charge in [0, 0.05) is 28.2 Å². The van der Waals surface area contributed by atoms with Crippen LogP contribution in [0.1, 0.15) is 21.8 Å². The molecule has 6 nitrogen and oxygen atoms in total. The summed E-state index contributed by atoms with van der Waals surface area (Å²) in [5.41, 5.74) is 2.35. The van der Waals surface area contributed by atoms with Crippen LogP contribution in [0.25, 0.3) is 10.8 Å². The van der Waals surface area contributed by atoms with Crippen LogP contribution in [0, 0.1) is 19.7 Å². The Balaban J connectivity index is 1.60. The highest BCUT2D eigenvalue weighted by Gasteiger charge is 2.17. The summed E-state index contributed by atoms with van der Waals surface area (Å²) >= 11 is 1.56. The van der Waals surface area contributed by atoms with Crippen LogP contribution >= 0.6 is 11.3 Å². The second kappa shape index (κ2) is 8.23. The Kier molecular flexibility index (Phi) is 5.50. The lowest BCUT2D eigenvalue weighted by atomic mass is 10.2. The smallest absolute Gasteiger partial charge is 0.276 e. The molecular formula is C22H21FN4O2S. The molecule has 0 unspecified atom stereocenters. The van der Waals surface area contributed by atoms with E-state index in [1.165, 1.54) is 16.8 Å². The predicted molar refractivity (Wildman–Crippen MR) is 115 cm³/mol. The van der Waals surface area contributed by atoms with E-state index in [0.29, 0.717) is 18.5 Å². The molecule has 3 heterocycles. The first-order valence-corrected chi connectivity index (χ1v) is 10.4. The summed E-state index contributed by atoms with van der Waals surface area (Å²) < 4.78 is 16.4. The van der Waals surface area contributed by atoms with E-state index in [9.17, 15) is 14.0 Å². The normalized spacial score (nSPS) is 11.2. The Bertz CT molecular complexity index is 1260. The van der Waals surface area contributed by atoms with Gasteiger partial charge in [-0.25, -0.2) is 9.07 Å². The fourth-order valence-electron chi connectivity index (χ4n) is 3.56. The molecule has 0 bridgehead atoms. The summed E-state index contributed by atoms with van der Waals surface area (Å²) in [6.45, 7) is 4.62. The van der Waals surface area contributed by atoms with Gasteiger partial charge in [-0.2, -0.15) is 5.10 Å². The highest BCUT2D eigenvalue weighted by molar-refractivity contribution is 7.09. The second-order valence-electron chi connectivity index (χ2n) is 7.14. The van der Waals surface area contributed by atoms with Gasteiger partial charge < -0.3 is 9.88 Å². The summed E-state index contributed by atoms with van der Waals surface area (Å²) in [6.07, 6.45) is 1.63. The largest absolute Gasteiger partial charge is 0.350 e. The third-order valence-corrected chi connectivity index (χ3v) is 6.07. The molecule has 0 atom stereocenters. The Labute approximate surface area is 176 Å². The number of fused-ring (bicyclic) bond motifs is 1. The maximum Gasteiger partial charge on any atom is 0.276 e. The molecule has 0 aliphatic carbocycles. The van der Waals surface area contributed by atoms with E-state index in [-0.39, 0.29) is 23.8 Å². The monoisotopic (exact) mass is 424 g/mol. The van der Waals surface area contributed by atoms with Gasteiger partial charge in [-0.1, -0.05) is 18.2 Å². The molecule has 0 aliphatic heterocycles. The van der Waals surface area contributed by atoms with Crippen molar-refractivity contribution < 1.29 is 9.18 Å². The van der Waals surface area contributed by atoms with Crippen molar-refractivity contribution in [3.05, 3.63) is 86.0 Å². The molecule has 154 valence electrons. The van der Waals surface area contributed by atoms with Gasteiger partial charge >= 0.3 is 0 Å². The number of carbonyl (C=O) groups excluding carboxylic acids is 1. The standard InChI is InChI=1S/C22H21FN4O2S/c1-14-19-11-25-27(13-20(28)24-10-18-4-3-9-30-18)22(29)21(19)15(2)26(14)12-16-5-7-17(23)8-6-16/h3-9,11H,10,12-13H2,1-2H3,(H,24,28). The summed E-state index contributed by atoms with van der Waals surface area (Å²) in [7, 11) is 0. The second-order valence-corrected chi connectivity index (χ2v) is 8.17. The molecule has 4 rings (SSSR count). The number of hydrogen-bond acceptors (Lipinski definition) is 4. The van der Waals surface area contributed by atoms with Crippen molar-refractivity contribution in [1.82, 2.24) is 19.7 Å². The van der Waals surface area contributed by atoms with E-state index in [4.69, 9.17) is 0 Å². The predicted octanol–water partition coefficient (Wildman–Crippen LogP) is 3.38. The first-order valence-electron chi connectivity index (χ1n) is 9.53. The molecule has 1 N–H and O–H groups in total. The van der Waals surface area contributed by atoms with Crippen molar-refractivity contribution in [2.45, 2.75) is 33.5 Å². The molecule has 8 heteroatoms. The van der Waals surface area contributed by atoms with Crippen molar-refractivity contribution in [2.75, 3.05) is 0 Å². The molecule has 3 aromatic heterocycles.